The number of H-pyrrole nitrogens is 1. The van der Waals surface area contributed by atoms with Crippen molar-refractivity contribution < 1.29 is 14.6 Å². The Labute approximate surface area is 204 Å². The maximum atomic E-state index is 12.5. The number of carbonyl (C=O) groups excluding carboxylic acids is 1. The highest BCUT2D eigenvalue weighted by Crippen LogP contribution is 2.35. The van der Waals surface area contributed by atoms with Crippen LogP contribution in [0.25, 0.3) is 28.0 Å². The number of ether oxygens (including phenoxy) is 1. The van der Waals surface area contributed by atoms with E-state index in [1.807, 2.05) is 77.4 Å². The minimum atomic E-state index is -0.467. The first-order chi connectivity index (χ1) is 17.1. The summed E-state index contributed by atoms with van der Waals surface area (Å²) in [5.41, 5.74) is 2.66. The van der Waals surface area contributed by atoms with Crippen LogP contribution in [0.5, 0.6) is 11.6 Å². The average Bonchev–Trinajstić information content (AvgIpc) is 3.47. The Morgan fingerprint density at radius 2 is 1.77 bits per heavy atom. The molecule has 3 aromatic carbocycles. The van der Waals surface area contributed by atoms with Gasteiger partial charge in [-0.3, -0.25) is 9.36 Å². The number of hydrogen-bond acceptors (Lipinski definition) is 7. The molecule has 0 spiro atoms. The summed E-state index contributed by atoms with van der Waals surface area (Å²) in [6, 6.07) is 24.5. The van der Waals surface area contributed by atoms with Gasteiger partial charge in [0.15, 0.2) is 16.7 Å². The van der Waals surface area contributed by atoms with E-state index in [1.54, 1.807) is 13.2 Å². The fraction of sp³-hybridized carbons (Fsp3) is 0.0800. The zero-order valence-corrected chi connectivity index (χ0v) is 19.4. The largest absolute Gasteiger partial charge is 0.497 e. The molecule has 9 nitrogen and oxygen atoms in total. The molecule has 0 aliphatic carbocycles. The third kappa shape index (κ3) is 4.64. The van der Waals surface area contributed by atoms with Crippen LogP contribution in [0.4, 0.5) is 5.69 Å². The molecule has 0 saturated heterocycles. The molecule has 174 valence electrons. The lowest BCUT2D eigenvalue weighted by molar-refractivity contribution is -0.115. The number of fused-ring (bicyclic) bond motifs is 1. The lowest BCUT2D eigenvalue weighted by Crippen LogP contribution is -2.02. The van der Waals surface area contributed by atoms with Gasteiger partial charge in [0.05, 0.1) is 18.4 Å². The Kier molecular flexibility index (Phi) is 6.27. The van der Waals surface area contributed by atoms with E-state index in [9.17, 15) is 9.90 Å². The molecule has 0 fully saturated rings. The van der Waals surface area contributed by atoms with Gasteiger partial charge in [0, 0.05) is 16.6 Å². The number of methoxy groups -OCH3 is 1. The van der Waals surface area contributed by atoms with Crippen LogP contribution in [0.15, 0.2) is 94.2 Å². The summed E-state index contributed by atoms with van der Waals surface area (Å²) < 4.78 is 7.15. The van der Waals surface area contributed by atoms with Gasteiger partial charge in [0.1, 0.15) is 5.75 Å². The minimum Gasteiger partial charge on any atom is -0.497 e. The maximum absolute atomic E-state index is 12.5. The molecular formula is C25H20N6O3S. The minimum absolute atomic E-state index is 0.00427. The van der Waals surface area contributed by atoms with E-state index in [4.69, 9.17) is 4.74 Å². The molecule has 1 amide bonds. The number of thioether (sulfide) groups is 1. The van der Waals surface area contributed by atoms with Crippen molar-refractivity contribution in [2.45, 2.75) is 5.16 Å². The fourth-order valence-corrected chi connectivity index (χ4v) is 4.31. The Morgan fingerprint density at radius 3 is 2.54 bits per heavy atom. The topological polar surface area (TPSA) is 118 Å². The Morgan fingerprint density at radius 1 is 1.03 bits per heavy atom. The molecule has 2 aromatic heterocycles. The van der Waals surface area contributed by atoms with Crippen molar-refractivity contribution in [3.8, 4) is 28.7 Å². The van der Waals surface area contributed by atoms with Crippen molar-refractivity contribution in [3.05, 3.63) is 78.9 Å². The predicted molar refractivity (Wildman–Crippen MR) is 134 cm³/mol. The van der Waals surface area contributed by atoms with Gasteiger partial charge in [0.2, 0.25) is 5.88 Å². The second-order valence-electron chi connectivity index (χ2n) is 7.46. The van der Waals surface area contributed by atoms with Gasteiger partial charge in [-0.25, -0.2) is 0 Å². The Hall–Kier alpha value is -4.44. The molecule has 5 aromatic rings. The monoisotopic (exact) mass is 484 g/mol. The number of aromatic hydroxyl groups is 1. The third-order valence-corrected chi connectivity index (χ3v) is 6.16. The second kappa shape index (κ2) is 9.82. The summed E-state index contributed by atoms with van der Waals surface area (Å²) in [5, 5.41) is 27.8. The quantitative estimate of drug-likeness (QED) is 0.232. The van der Waals surface area contributed by atoms with Crippen molar-refractivity contribution in [2.24, 2.45) is 10.2 Å². The number of azo groups is 1. The third-order valence-electron chi connectivity index (χ3n) is 5.24. The summed E-state index contributed by atoms with van der Waals surface area (Å²) in [6.45, 7) is 0. The molecular weight excluding hydrogens is 464 g/mol. The van der Waals surface area contributed by atoms with Crippen molar-refractivity contribution >= 4 is 34.3 Å². The Balaban J connectivity index is 1.39. The maximum Gasteiger partial charge on any atom is 0.275 e. The molecule has 2 heterocycles. The first-order valence-corrected chi connectivity index (χ1v) is 11.6. The Bertz CT molecular complexity index is 1510. The number of nitrogens with one attached hydrogen (secondary N) is 1. The smallest absolute Gasteiger partial charge is 0.275 e. The zero-order chi connectivity index (χ0) is 24.2. The highest BCUT2D eigenvalue weighted by Gasteiger charge is 2.18. The van der Waals surface area contributed by atoms with E-state index in [0.29, 0.717) is 21.9 Å². The van der Waals surface area contributed by atoms with Crippen LogP contribution in [0.2, 0.25) is 0 Å². The highest BCUT2D eigenvalue weighted by molar-refractivity contribution is 7.99. The molecule has 5 rings (SSSR count). The highest BCUT2D eigenvalue weighted by atomic mass is 32.2. The molecule has 0 radical (unpaired) electrons. The lowest BCUT2D eigenvalue weighted by Gasteiger charge is -2.10. The van der Waals surface area contributed by atoms with Gasteiger partial charge < -0.3 is 14.8 Å². The molecule has 0 bridgehead atoms. The number of nitrogens with zero attached hydrogens (tertiary/aromatic N) is 5. The molecule has 0 saturated carbocycles. The van der Waals surface area contributed by atoms with E-state index in [-0.39, 0.29) is 17.3 Å². The normalized spacial score (nSPS) is 11.3. The number of aromatic amines is 1. The summed E-state index contributed by atoms with van der Waals surface area (Å²) in [7, 11) is 1.61. The number of carbonyl (C=O) groups is 1. The zero-order valence-electron chi connectivity index (χ0n) is 18.6. The summed E-state index contributed by atoms with van der Waals surface area (Å²) in [4.78, 5) is 15.3. The van der Waals surface area contributed by atoms with E-state index in [1.165, 1.54) is 11.8 Å². The number of rotatable bonds is 7. The standard InChI is InChI=1S/C25H20N6O3S/c1-34-18-13-11-17(12-14-18)31-23(16-7-3-2-4-8-16)29-30-25(31)35-15-21(32)27-28-22-19-9-5-6-10-20(19)26-24(22)33/h2-14,26,33H,15H2,1H3. The van der Waals surface area contributed by atoms with Crippen LogP contribution in [0.1, 0.15) is 0 Å². The molecule has 0 atom stereocenters. The number of amides is 1. The van der Waals surface area contributed by atoms with E-state index in [0.717, 1.165) is 17.0 Å². The van der Waals surface area contributed by atoms with Crippen LogP contribution >= 0.6 is 11.8 Å². The molecule has 0 unspecified atom stereocenters. The molecule has 0 aliphatic rings. The summed E-state index contributed by atoms with van der Waals surface area (Å²) >= 11 is 1.20. The fourth-order valence-electron chi connectivity index (χ4n) is 3.58. The first-order valence-electron chi connectivity index (χ1n) is 10.7. The van der Waals surface area contributed by atoms with E-state index in [2.05, 4.69) is 25.4 Å². The molecule has 0 aliphatic heterocycles. The summed E-state index contributed by atoms with van der Waals surface area (Å²) in [5.74, 6) is 0.771. The van der Waals surface area contributed by atoms with Crippen molar-refractivity contribution in [2.75, 3.05) is 12.9 Å². The molecule has 35 heavy (non-hydrogen) atoms. The number of hydrogen-bond donors (Lipinski definition) is 2. The lowest BCUT2D eigenvalue weighted by atomic mass is 10.2. The van der Waals surface area contributed by atoms with Gasteiger partial charge in [-0.15, -0.1) is 20.4 Å². The van der Waals surface area contributed by atoms with Gasteiger partial charge in [-0.05, 0) is 30.3 Å². The van der Waals surface area contributed by atoms with Crippen LogP contribution < -0.4 is 4.74 Å². The number of aromatic nitrogens is 4. The van der Waals surface area contributed by atoms with Crippen molar-refractivity contribution in [3.63, 3.8) is 0 Å². The first kappa shape index (κ1) is 22.4. The van der Waals surface area contributed by atoms with Crippen LogP contribution in [-0.4, -0.2) is 43.6 Å². The van der Waals surface area contributed by atoms with Crippen molar-refractivity contribution in [1.29, 1.82) is 0 Å². The van der Waals surface area contributed by atoms with Gasteiger partial charge in [-0.2, -0.15) is 0 Å². The van der Waals surface area contributed by atoms with Crippen molar-refractivity contribution in [1.82, 2.24) is 19.7 Å². The average molecular weight is 485 g/mol. The van der Waals surface area contributed by atoms with Crippen LogP contribution in [-0.2, 0) is 4.79 Å². The molecule has 2 N–H and O–H groups in total. The van der Waals surface area contributed by atoms with Crippen LogP contribution in [0.3, 0.4) is 0 Å². The van der Waals surface area contributed by atoms with Gasteiger partial charge in [0.25, 0.3) is 5.91 Å². The van der Waals surface area contributed by atoms with Gasteiger partial charge in [-0.1, -0.05) is 60.3 Å². The van der Waals surface area contributed by atoms with Crippen LogP contribution in [0, 0.1) is 0 Å². The SMILES string of the molecule is COc1ccc(-n2c(SCC(=O)N=Nc3c(O)[nH]c4ccccc34)nnc2-c2ccccc2)cc1. The summed E-state index contributed by atoms with van der Waals surface area (Å²) in [6.07, 6.45) is 0. The second-order valence-corrected chi connectivity index (χ2v) is 8.40. The molecule has 10 heteroatoms. The number of benzene rings is 3. The predicted octanol–water partition coefficient (Wildman–Crippen LogP) is 5.53. The van der Waals surface area contributed by atoms with Gasteiger partial charge >= 0.3 is 0 Å². The van der Waals surface area contributed by atoms with E-state index >= 15 is 0 Å². The van der Waals surface area contributed by atoms with E-state index < -0.39 is 5.91 Å². The number of para-hydroxylation sites is 1.